The molecule has 1 aromatic carbocycles. The van der Waals surface area contributed by atoms with Crippen LogP contribution >= 0.6 is 0 Å². The van der Waals surface area contributed by atoms with Crippen molar-refractivity contribution in [1.82, 2.24) is 4.90 Å². The van der Waals surface area contributed by atoms with Crippen LogP contribution in [0, 0.1) is 5.92 Å². The monoisotopic (exact) mass is 305 g/mol. The quantitative estimate of drug-likeness (QED) is 0.838. The van der Waals surface area contributed by atoms with Gasteiger partial charge in [0.05, 0.1) is 12.2 Å². The van der Waals surface area contributed by atoms with Crippen LogP contribution in [0.25, 0.3) is 0 Å². The first kappa shape index (κ1) is 16.5. The number of hydrogen-bond acceptors (Lipinski definition) is 3. The van der Waals surface area contributed by atoms with Gasteiger partial charge in [-0.3, -0.25) is 4.79 Å². The van der Waals surface area contributed by atoms with Crippen LogP contribution in [0.5, 0.6) is 0 Å². The molecule has 1 atom stereocenters. The molecule has 1 aliphatic heterocycles. The Morgan fingerprint density at radius 3 is 2.68 bits per heavy atom. The Balaban J connectivity index is 1.77. The average molecular weight is 305 g/mol. The van der Waals surface area contributed by atoms with Crippen LogP contribution in [0.2, 0.25) is 0 Å². The van der Waals surface area contributed by atoms with E-state index in [1.807, 2.05) is 11.8 Å². The van der Waals surface area contributed by atoms with Gasteiger partial charge in [0.1, 0.15) is 0 Å². The van der Waals surface area contributed by atoms with Crippen molar-refractivity contribution in [2.75, 3.05) is 26.3 Å². The summed E-state index contributed by atoms with van der Waals surface area (Å²) in [6.45, 7) is 5.03. The van der Waals surface area contributed by atoms with Crippen LogP contribution in [0.1, 0.15) is 35.7 Å². The molecule has 2 rings (SSSR count). The standard InChI is InChI=1S/C17H23NO4/c1-2-22-12-14-9-10-18(11-14)16(19)8-5-13-3-6-15(7-4-13)17(20)21/h3-4,6-7,14H,2,5,8-12H2,1H3,(H,20,21)/t14-/m1/s1. The molecule has 5 heteroatoms. The summed E-state index contributed by atoms with van der Waals surface area (Å²) in [5.74, 6) is -0.305. The van der Waals surface area contributed by atoms with Crippen LogP contribution in [-0.4, -0.2) is 48.2 Å². The minimum Gasteiger partial charge on any atom is -0.478 e. The molecule has 5 nitrogen and oxygen atoms in total. The van der Waals surface area contributed by atoms with Gasteiger partial charge in [-0.1, -0.05) is 12.1 Å². The molecule has 1 aliphatic rings. The first-order valence-corrected chi connectivity index (χ1v) is 7.78. The van der Waals surface area contributed by atoms with Crippen molar-refractivity contribution in [1.29, 1.82) is 0 Å². The molecule has 1 aromatic rings. The molecule has 1 fully saturated rings. The number of ether oxygens (including phenoxy) is 1. The summed E-state index contributed by atoms with van der Waals surface area (Å²) in [5, 5.41) is 8.85. The maximum Gasteiger partial charge on any atom is 0.335 e. The molecule has 0 bridgehead atoms. The number of likely N-dealkylation sites (tertiary alicyclic amines) is 1. The number of benzene rings is 1. The number of amides is 1. The molecule has 120 valence electrons. The molecule has 1 N–H and O–H groups in total. The summed E-state index contributed by atoms with van der Waals surface area (Å²) >= 11 is 0. The lowest BCUT2D eigenvalue weighted by Gasteiger charge is -2.16. The molecule has 1 amide bonds. The Hall–Kier alpha value is -1.88. The van der Waals surface area contributed by atoms with Crippen molar-refractivity contribution < 1.29 is 19.4 Å². The van der Waals surface area contributed by atoms with Gasteiger partial charge in [0.25, 0.3) is 0 Å². The SMILES string of the molecule is CCOC[C@@H]1CCN(C(=O)CCc2ccc(C(=O)O)cc2)C1. The molecule has 1 heterocycles. The fourth-order valence-electron chi connectivity index (χ4n) is 2.70. The molecule has 0 radical (unpaired) electrons. The van der Waals surface area contributed by atoms with Gasteiger partial charge in [0.2, 0.25) is 5.91 Å². The third-order valence-corrected chi connectivity index (χ3v) is 4.02. The van der Waals surface area contributed by atoms with Crippen LogP contribution in [0.3, 0.4) is 0 Å². The molecule has 0 spiro atoms. The Morgan fingerprint density at radius 1 is 1.32 bits per heavy atom. The molecule has 1 saturated heterocycles. The summed E-state index contributed by atoms with van der Waals surface area (Å²) in [5.41, 5.74) is 1.26. The highest BCUT2D eigenvalue weighted by Crippen LogP contribution is 2.18. The van der Waals surface area contributed by atoms with Gasteiger partial charge in [-0.25, -0.2) is 4.79 Å². The van der Waals surface area contributed by atoms with Crippen LogP contribution in [0.15, 0.2) is 24.3 Å². The van der Waals surface area contributed by atoms with Gasteiger partial charge in [-0.05, 0) is 37.5 Å². The third-order valence-electron chi connectivity index (χ3n) is 4.02. The number of aryl methyl sites for hydroxylation is 1. The minimum atomic E-state index is -0.931. The summed E-state index contributed by atoms with van der Waals surface area (Å²) in [6, 6.07) is 6.71. The van der Waals surface area contributed by atoms with E-state index in [1.165, 1.54) is 0 Å². The number of carboxylic acids is 1. The first-order valence-electron chi connectivity index (χ1n) is 7.78. The maximum atomic E-state index is 12.2. The lowest BCUT2D eigenvalue weighted by molar-refractivity contribution is -0.130. The summed E-state index contributed by atoms with van der Waals surface area (Å²) in [4.78, 5) is 24.9. The second-order valence-corrected chi connectivity index (χ2v) is 5.66. The van der Waals surface area contributed by atoms with Crippen molar-refractivity contribution >= 4 is 11.9 Å². The van der Waals surface area contributed by atoms with Crippen molar-refractivity contribution in [3.05, 3.63) is 35.4 Å². The molecule has 0 aliphatic carbocycles. The Morgan fingerprint density at radius 2 is 2.05 bits per heavy atom. The van der Waals surface area contributed by atoms with E-state index in [9.17, 15) is 9.59 Å². The van der Waals surface area contributed by atoms with Gasteiger partial charge >= 0.3 is 5.97 Å². The lowest BCUT2D eigenvalue weighted by atomic mass is 10.1. The van der Waals surface area contributed by atoms with Crippen molar-refractivity contribution in [2.24, 2.45) is 5.92 Å². The second kappa shape index (κ2) is 7.94. The Labute approximate surface area is 130 Å². The minimum absolute atomic E-state index is 0.168. The van der Waals surface area contributed by atoms with E-state index >= 15 is 0 Å². The van der Waals surface area contributed by atoms with E-state index < -0.39 is 5.97 Å². The highest BCUT2D eigenvalue weighted by Gasteiger charge is 2.25. The molecule has 0 unspecified atom stereocenters. The topological polar surface area (TPSA) is 66.8 Å². The zero-order chi connectivity index (χ0) is 15.9. The number of aromatic carboxylic acids is 1. The number of carbonyl (C=O) groups excluding carboxylic acids is 1. The Bertz CT molecular complexity index is 512. The fraction of sp³-hybridized carbons (Fsp3) is 0.529. The normalized spacial score (nSPS) is 17.7. The van der Waals surface area contributed by atoms with Gasteiger partial charge in [-0.2, -0.15) is 0 Å². The lowest BCUT2D eigenvalue weighted by Crippen LogP contribution is -2.29. The van der Waals surface area contributed by atoms with Crippen molar-refractivity contribution in [3.8, 4) is 0 Å². The fourth-order valence-corrected chi connectivity index (χ4v) is 2.70. The molecule has 0 saturated carbocycles. The molecule has 22 heavy (non-hydrogen) atoms. The number of carboxylic acid groups (broad SMARTS) is 1. The number of rotatable bonds is 7. The summed E-state index contributed by atoms with van der Waals surface area (Å²) in [6.07, 6.45) is 2.12. The first-order chi connectivity index (χ1) is 10.6. The zero-order valence-corrected chi connectivity index (χ0v) is 13.0. The zero-order valence-electron chi connectivity index (χ0n) is 13.0. The highest BCUT2D eigenvalue weighted by molar-refractivity contribution is 5.87. The second-order valence-electron chi connectivity index (χ2n) is 5.66. The van der Waals surface area contributed by atoms with Crippen molar-refractivity contribution in [3.63, 3.8) is 0 Å². The maximum absolute atomic E-state index is 12.2. The Kier molecular flexibility index (Phi) is 5.95. The van der Waals surface area contributed by atoms with Crippen LogP contribution in [0.4, 0.5) is 0 Å². The van der Waals surface area contributed by atoms with Gasteiger partial charge in [-0.15, -0.1) is 0 Å². The predicted octanol–water partition coefficient (Wildman–Crippen LogP) is 2.20. The summed E-state index contributed by atoms with van der Waals surface area (Å²) < 4.78 is 5.42. The van der Waals surface area contributed by atoms with Crippen molar-refractivity contribution in [2.45, 2.75) is 26.2 Å². The van der Waals surface area contributed by atoms with E-state index in [-0.39, 0.29) is 11.5 Å². The largest absolute Gasteiger partial charge is 0.478 e. The van der Waals surface area contributed by atoms with Gasteiger partial charge in [0.15, 0.2) is 0 Å². The smallest absolute Gasteiger partial charge is 0.335 e. The van der Waals surface area contributed by atoms with Crippen LogP contribution in [-0.2, 0) is 16.0 Å². The molecule has 0 aromatic heterocycles. The average Bonchev–Trinajstić information content (AvgIpc) is 3.00. The number of nitrogens with zero attached hydrogens (tertiary/aromatic N) is 1. The summed E-state index contributed by atoms with van der Waals surface area (Å²) in [7, 11) is 0. The van der Waals surface area contributed by atoms with E-state index in [0.29, 0.717) is 18.8 Å². The number of carbonyl (C=O) groups is 2. The predicted molar refractivity (Wildman–Crippen MR) is 82.9 cm³/mol. The number of hydrogen-bond donors (Lipinski definition) is 1. The molecular weight excluding hydrogens is 282 g/mol. The van der Waals surface area contributed by atoms with E-state index in [2.05, 4.69) is 0 Å². The third kappa shape index (κ3) is 4.56. The van der Waals surface area contributed by atoms with Crippen LogP contribution < -0.4 is 0 Å². The van der Waals surface area contributed by atoms with E-state index in [4.69, 9.17) is 9.84 Å². The molecular formula is C17H23NO4. The highest BCUT2D eigenvalue weighted by atomic mass is 16.5. The van der Waals surface area contributed by atoms with Gasteiger partial charge < -0.3 is 14.7 Å². The van der Waals surface area contributed by atoms with Gasteiger partial charge in [0, 0.05) is 32.0 Å². The van der Waals surface area contributed by atoms with E-state index in [0.717, 1.165) is 38.3 Å². The van der Waals surface area contributed by atoms with E-state index in [1.54, 1.807) is 24.3 Å².